The number of fused-ring (bicyclic) bond motifs is 1. The van der Waals surface area contributed by atoms with Gasteiger partial charge in [0.15, 0.2) is 0 Å². The first-order valence-electron chi connectivity index (χ1n) is 9.40. The second-order valence-electron chi connectivity index (χ2n) is 7.05. The van der Waals surface area contributed by atoms with Crippen molar-refractivity contribution in [1.82, 2.24) is 19.4 Å². The van der Waals surface area contributed by atoms with Gasteiger partial charge in [-0.1, -0.05) is 29.8 Å². The summed E-state index contributed by atoms with van der Waals surface area (Å²) in [6, 6.07) is 11.7. The molecule has 6 nitrogen and oxygen atoms in total. The standard InChI is InChI=1S/C21H20ClFN4O2/c22-17-5-3-6-18(23)16(17)12-25-8-10-26(11-9-25)20(28)13-27-14-24-19-7-2-1-4-15(19)21(27)29/h1-7,14H,8-13H2. The van der Waals surface area contributed by atoms with E-state index in [9.17, 15) is 14.0 Å². The quantitative estimate of drug-likeness (QED) is 0.658. The van der Waals surface area contributed by atoms with Crippen molar-refractivity contribution in [3.63, 3.8) is 0 Å². The maximum absolute atomic E-state index is 14.0. The van der Waals surface area contributed by atoms with E-state index >= 15 is 0 Å². The highest BCUT2D eigenvalue weighted by atomic mass is 35.5. The maximum atomic E-state index is 14.0. The van der Waals surface area contributed by atoms with Crippen LogP contribution in [0.2, 0.25) is 5.02 Å². The summed E-state index contributed by atoms with van der Waals surface area (Å²) in [6.45, 7) is 2.61. The van der Waals surface area contributed by atoms with Crippen LogP contribution in [-0.2, 0) is 17.9 Å². The van der Waals surface area contributed by atoms with E-state index in [1.165, 1.54) is 17.0 Å². The highest BCUT2D eigenvalue weighted by molar-refractivity contribution is 6.31. The van der Waals surface area contributed by atoms with Crippen LogP contribution in [0.1, 0.15) is 5.56 Å². The van der Waals surface area contributed by atoms with Crippen LogP contribution in [0.15, 0.2) is 53.6 Å². The molecule has 3 aromatic rings. The van der Waals surface area contributed by atoms with Crippen LogP contribution in [0, 0.1) is 5.82 Å². The van der Waals surface area contributed by atoms with Gasteiger partial charge in [-0.05, 0) is 24.3 Å². The van der Waals surface area contributed by atoms with Gasteiger partial charge in [0.2, 0.25) is 5.91 Å². The Bertz CT molecular complexity index is 1090. The Morgan fingerprint density at radius 3 is 2.59 bits per heavy atom. The molecule has 1 aromatic heterocycles. The molecule has 0 spiro atoms. The van der Waals surface area contributed by atoms with Crippen molar-refractivity contribution in [2.45, 2.75) is 13.1 Å². The summed E-state index contributed by atoms with van der Waals surface area (Å²) in [5.41, 5.74) is 0.862. The molecule has 4 rings (SSSR count). The number of halogens is 2. The molecule has 1 saturated heterocycles. The Morgan fingerprint density at radius 2 is 1.83 bits per heavy atom. The summed E-state index contributed by atoms with van der Waals surface area (Å²) in [6.07, 6.45) is 1.42. The molecule has 1 amide bonds. The molecular weight excluding hydrogens is 395 g/mol. The number of aromatic nitrogens is 2. The van der Waals surface area contributed by atoms with Crippen LogP contribution in [0.25, 0.3) is 10.9 Å². The van der Waals surface area contributed by atoms with E-state index < -0.39 is 0 Å². The zero-order valence-electron chi connectivity index (χ0n) is 15.7. The molecule has 0 unspecified atom stereocenters. The van der Waals surface area contributed by atoms with Crippen LogP contribution in [0.3, 0.4) is 0 Å². The van der Waals surface area contributed by atoms with E-state index in [4.69, 9.17) is 11.6 Å². The topological polar surface area (TPSA) is 58.4 Å². The normalized spacial score (nSPS) is 15.0. The summed E-state index contributed by atoms with van der Waals surface area (Å²) >= 11 is 6.10. The number of nitrogens with zero attached hydrogens (tertiary/aromatic N) is 4. The summed E-state index contributed by atoms with van der Waals surface area (Å²) in [4.78, 5) is 33.3. The second kappa shape index (κ2) is 8.31. The molecule has 1 fully saturated rings. The fourth-order valence-electron chi connectivity index (χ4n) is 3.53. The number of hydrogen-bond acceptors (Lipinski definition) is 4. The first-order valence-corrected chi connectivity index (χ1v) is 9.78. The average Bonchev–Trinajstić information content (AvgIpc) is 2.73. The van der Waals surface area contributed by atoms with Gasteiger partial charge >= 0.3 is 0 Å². The van der Waals surface area contributed by atoms with E-state index in [1.807, 2.05) is 6.07 Å². The number of carbonyl (C=O) groups is 1. The molecule has 2 heterocycles. The average molecular weight is 415 g/mol. The van der Waals surface area contributed by atoms with Gasteiger partial charge < -0.3 is 4.90 Å². The SMILES string of the molecule is O=C(Cn1cnc2ccccc2c1=O)N1CCN(Cc2c(F)cccc2Cl)CC1. The lowest BCUT2D eigenvalue weighted by Crippen LogP contribution is -2.49. The smallest absolute Gasteiger partial charge is 0.261 e. The molecule has 0 bridgehead atoms. The molecule has 1 aliphatic heterocycles. The zero-order chi connectivity index (χ0) is 20.4. The highest BCUT2D eigenvalue weighted by Gasteiger charge is 2.23. The second-order valence-corrected chi connectivity index (χ2v) is 7.46. The monoisotopic (exact) mass is 414 g/mol. The minimum absolute atomic E-state index is 0.0458. The minimum Gasteiger partial charge on any atom is -0.339 e. The van der Waals surface area contributed by atoms with Crippen molar-refractivity contribution in [3.05, 3.63) is 75.5 Å². The Balaban J connectivity index is 1.38. The Morgan fingerprint density at radius 1 is 1.07 bits per heavy atom. The molecule has 0 aliphatic carbocycles. The fourth-order valence-corrected chi connectivity index (χ4v) is 3.75. The maximum Gasteiger partial charge on any atom is 0.261 e. The number of para-hydroxylation sites is 1. The van der Waals surface area contributed by atoms with Crippen LogP contribution in [-0.4, -0.2) is 51.4 Å². The van der Waals surface area contributed by atoms with Gasteiger partial charge in [0, 0.05) is 43.3 Å². The zero-order valence-corrected chi connectivity index (χ0v) is 16.5. The number of rotatable bonds is 4. The van der Waals surface area contributed by atoms with Crippen molar-refractivity contribution in [2.24, 2.45) is 0 Å². The predicted molar refractivity (Wildman–Crippen MR) is 109 cm³/mol. The van der Waals surface area contributed by atoms with Crippen molar-refractivity contribution >= 4 is 28.4 Å². The molecule has 2 aromatic carbocycles. The molecular formula is C21H20ClFN4O2. The van der Waals surface area contributed by atoms with E-state index in [0.717, 1.165) is 0 Å². The lowest BCUT2D eigenvalue weighted by Gasteiger charge is -2.35. The van der Waals surface area contributed by atoms with Gasteiger partial charge in [-0.25, -0.2) is 9.37 Å². The lowest BCUT2D eigenvalue weighted by molar-refractivity contribution is -0.133. The number of piperazine rings is 1. The Labute approximate surface area is 172 Å². The third-order valence-corrected chi connectivity index (χ3v) is 5.56. The first kappa shape index (κ1) is 19.5. The number of carbonyl (C=O) groups excluding carboxylic acids is 1. The summed E-state index contributed by atoms with van der Waals surface area (Å²) in [5.74, 6) is -0.452. The molecule has 0 saturated carbocycles. The minimum atomic E-state index is -0.320. The molecule has 1 aliphatic rings. The molecule has 29 heavy (non-hydrogen) atoms. The van der Waals surface area contributed by atoms with Gasteiger partial charge in [0.25, 0.3) is 5.56 Å². The number of benzene rings is 2. The van der Waals surface area contributed by atoms with Crippen molar-refractivity contribution < 1.29 is 9.18 Å². The van der Waals surface area contributed by atoms with E-state index in [1.54, 1.807) is 35.2 Å². The van der Waals surface area contributed by atoms with E-state index in [2.05, 4.69) is 9.88 Å². The Kier molecular flexibility index (Phi) is 5.60. The largest absolute Gasteiger partial charge is 0.339 e. The van der Waals surface area contributed by atoms with Crippen LogP contribution in [0.5, 0.6) is 0 Å². The highest BCUT2D eigenvalue weighted by Crippen LogP contribution is 2.21. The number of amides is 1. The molecule has 150 valence electrons. The molecule has 0 N–H and O–H groups in total. The van der Waals surface area contributed by atoms with Crippen LogP contribution in [0.4, 0.5) is 4.39 Å². The predicted octanol–water partition coefficient (Wildman–Crippen LogP) is 2.53. The summed E-state index contributed by atoms with van der Waals surface area (Å²) in [7, 11) is 0. The van der Waals surface area contributed by atoms with Crippen molar-refractivity contribution in [1.29, 1.82) is 0 Å². The summed E-state index contributed by atoms with van der Waals surface area (Å²) in [5, 5.41) is 0.904. The van der Waals surface area contributed by atoms with Gasteiger partial charge in [-0.15, -0.1) is 0 Å². The van der Waals surface area contributed by atoms with Gasteiger partial charge in [-0.2, -0.15) is 0 Å². The number of hydrogen-bond donors (Lipinski definition) is 0. The third kappa shape index (κ3) is 4.16. The first-order chi connectivity index (χ1) is 14.0. The Hall–Kier alpha value is -2.77. The van der Waals surface area contributed by atoms with Gasteiger partial charge in [0.1, 0.15) is 12.4 Å². The summed E-state index contributed by atoms with van der Waals surface area (Å²) < 4.78 is 15.3. The van der Waals surface area contributed by atoms with Crippen LogP contribution >= 0.6 is 11.6 Å². The molecule has 8 heteroatoms. The molecule has 0 atom stereocenters. The fraction of sp³-hybridized carbons (Fsp3) is 0.286. The van der Waals surface area contributed by atoms with Crippen LogP contribution < -0.4 is 5.56 Å². The van der Waals surface area contributed by atoms with Gasteiger partial charge in [0.05, 0.1) is 17.2 Å². The lowest BCUT2D eigenvalue weighted by atomic mass is 10.2. The molecule has 0 radical (unpaired) electrons. The van der Waals surface area contributed by atoms with E-state index in [-0.39, 0.29) is 23.8 Å². The van der Waals surface area contributed by atoms with Gasteiger partial charge in [-0.3, -0.25) is 19.1 Å². The van der Waals surface area contributed by atoms with Crippen molar-refractivity contribution in [3.8, 4) is 0 Å². The van der Waals surface area contributed by atoms with E-state index in [0.29, 0.717) is 54.2 Å². The van der Waals surface area contributed by atoms with Crippen molar-refractivity contribution in [2.75, 3.05) is 26.2 Å². The third-order valence-electron chi connectivity index (χ3n) is 5.21.